The third-order valence-corrected chi connectivity index (χ3v) is 2.78. The zero-order chi connectivity index (χ0) is 13.0. The molecule has 0 aliphatic heterocycles. The maximum atomic E-state index is 9.49. The van der Waals surface area contributed by atoms with Gasteiger partial charge in [0.2, 0.25) is 5.88 Å². The summed E-state index contributed by atoms with van der Waals surface area (Å²) < 4.78 is 6.35. The number of aromatic nitrogens is 1. The zero-order valence-electron chi connectivity index (χ0n) is 9.64. The molecule has 1 aromatic heterocycles. The van der Waals surface area contributed by atoms with Crippen LogP contribution in [0, 0.1) is 0 Å². The van der Waals surface area contributed by atoms with Crippen molar-refractivity contribution in [1.29, 1.82) is 0 Å². The number of benzene rings is 1. The number of aliphatic hydroxyl groups excluding tert-OH is 1. The topological polar surface area (TPSA) is 42.4 Å². The molecular formula is C14H12BrNO2. The van der Waals surface area contributed by atoms with E-state index in [1.54, 1.807) is 12.3 Å². The molecule has 0 spiro atoms. The Morgan fingerprint density at radius 2 is 2.06 bits per heavy atom. The van der Waals surface area contributed by atoms with E-state index in [2.05, 4.69) is 27.5 Å². The van der Waals surface area contributed by atoms with E-state index < -0.39 is 0 Å². The van der Waals surface area contributed by atoms with Gasteiger partial charge in [0.15, 0.2) is 0 Å². The first-order valence-electron chi connectivity index (χ1n) is 5.37. The lowest BCUT2D eigenvalue weighted by atomic mass is 10.2. The fourth-order valence-electron chi connectivity index (χ4n) is 1.47. The molecule has 0 atom stereocenters. The lowest BCUT2D eigenvalue weighted by Crippen LogP contribution is -2.00. The van der Waals surface area contributed by atoms with Gasteiger partial charge in [-0.3, -0.25) is 0 Å². The summed E-state index contributed by atoms with van der Waals surface area (Å²) in [5.41, 5.74) is 1.53. The number of hydrogen-bond acceptors (Lipinski definition) is 3. The fraction of sp³-hybridized carbons (Fsp3) is 0.0714. The summed E-state index contributed by atoms with van der Waals surface area (Å²) in [6.07, 6.45) is 1.62. The Balaban J connectivity index is 2.17. The van der Waals surface area contributed by atoms with Crippen LogP contribution in [0.1, 0.15) is 11.1 Å². The van der Waals surface area contributed by atoms with E-state index in [1.165, 1.54) is 0 Å². The Morgan fingerprint density at radius 3 is 2.72 bits per heavy atom. The van der Waals surface area contributed by atoms with Crippen LogP contribution in [0.25, 0.3) is 5.76 Å². The molecule has 1 heterocycles. The van der Waals surface area contributed by atoms with Gasteiger partial charge in [0.25, 0.3) is 0 Å². The predicted molar refractivity (Wildman–Crippen MR) is 74.4 cm³/mol. The molecule has 0 unspecified atom stereocenters. The number of rotatable bonds is 4. The van der Waals surface area contributed by atoms with Crippen LogP contribution in [0.5, 0.6) is 5.88 Å². The molecule has 4 heteroatoms. The van der Waals surface area contributed by atoms with Gasteiger partial charge in [-0.1, -0.05) is 36.9 Å². The SMILES string of the molecule is C=C(O)c1cc(Br)cnc1OCc1ccccc1. The minimum absolute atomic E-state index is 0.0631. The quantitative estimate of drug-likeness (QED) is 0.870. The van der Waals surface area contributed by atoms with Gasteiger partial charge in [-0.05, 0) is 27.6 Å². The molecule has 0 aliphatic rings. The van der Waals surface area contributed by atoms with Crippen LogP contribution in [0.3, 0.4) is 0 Å². The number of halogens is 1. The second-order valence-electron chi connectivity index (χ2n) is 3.73. The number of nitrogens with zero attached hydrogens (tertiary/aromatic N) is 1. The molecular weight excluding hydrogens is 294 g/mol. The highest BCUT2D eigenvalue weighted by Gasteiger charge is 2.09. The van der Waals surface area contributed by atoms with Crippen LogP contribution in [0.15, 0.2) is 53.6 Å². The zero-order valence-corrected chi connectivity index (χ0v) is 11.2. The number of ether oxygens (including phenoxy) is 1. The van der Waals surface area contributed by atoms with Crippen molar-refractivity contribution in [1.82, 2.24) is 4.98 Å². The van der Waals surface area contributed by atoms with E-state index in [0.717, 1.165) is 10.0 Å². The smallest absolute Gasteiger partial charge is 0.224 e. The molecule has 2 aromatic rings. The standard InChI is InChI=1S/C14H12BrNO2/c1-10(17)13-7-12(15)8-16-14(13)18-9-11-5-3-2-4-6-11/h2-8,17H,1,9H2. The van der Waals surface area contributed by atoms with Gasteiger partial charge in [-0.2, -0.15) is 0 Å². The molecule has 0 amide bonds. The fourth-order valence-corrected chi connectivity index (χ4v) is 1.81. The molecule has 0 saturated heterocycles. The molecule has 2 rings (SSSR count). The lowest BCUT2D eigenvalue weighted by molar-refractivity contribution is 0.291. The molecule has 92 valence electrons. The Morgan fingerprint density at radius 1 is 1.33 bits per heavy atom. The maximum Gasteiger partial charge on any atom is 0.224 e. The van der Waals surface area contributed by atoms with Crippen LogP contribution in [0.4, 0.5) is 0 Å². The van der Waals surface area contributed by atoms with Crippen molar-refractivity contribution in [3.63, 3.8) is 0 Å². The highest BCUT2D eigenvalue weighted by molar-refractivity contribution is 9.10. The Bertz CT molecular complexity index is 555. The normalized spacial score (nSPS) is 10.1. The first kappa shape index (κ1) is 12.6. The predicted octanol–water partition coefficient (Wildman–Crippen LogP) is 3.95. The third-order valence-electron chi connectivity index (χ3n) is 2.35. The van der Waals surface area contributed by atoms with Crippen LogP contribution in [0.2, 0.25) is 0 Å². The molecule has 1 aromatic carbocycles. The lowest BCUT2D eigenvalue weighted by Gasteiger charge is -2.09. The van der Waals surface area contributed by atoms with Crippen molar-refractivity contribution in [2.24, 2.45) is 0 Å². The van der Waals surface area contributed by atoms with Gasteiger partial charge in [0.05, 0.1) is 5.56 Å². The summed E-state index contributed by atoms with van der Waals surface area (Å²) in [7, 11) is 0. The Labute approximate surface area is 114 Å². The van der Waals surface area contributed by atoms with Gasteiger partial charge >= 0.3 is 0 Å². The summed E-state index contributed by atoms with van der Waals surface area (Å²) in [6.45, 7) is 3.90. The maximum absolute atomic E-state index is 9.49. The molecule has 0 radical (unpaired) electrons. The molecule has 0 aliphatic carbocycles. The monoisotopic (exact) mass is 305 g/mol. The average molecular weight is 306 g/mol. The van der Waals surface area contributed by atoms with Gasteiger partial charge in [-0.15, -0.1) is 0 Å². The van der Waals surface area contributed by atoms with Crippen molar-refractivity contribution in [3.8, 4) is 5.88 Å². The molecule has 18 heavy (non-hydrogen) atoms. The molecule has 3 nitrogen and oxygen atoms in total. The Kier molecular flexibility index (Phi) is 3.99. The summed E-state index contributed by atoms with van der Waals surface area (Å²) in [5, 5.41) is 9.49. The minimum Gasteiger partial charge on any atom is -0.508 e. The van der Waals surface area contributed by atoms with E-state index in [1.807, 2.05) is 30.3 Å². The van der Waals surface area contributed by atoms with Gasteiger partial charge in [-0.25, -0.2) is 4.98 Å². The Hall–Kier alpha value is -1.81. The van der Waals surface area contributed by atoms with E-state index in [-0.39, 0.29) is 5.76 Å². The summed E-state index contributed by atoms with van der Waals surface area (Å²) in [4.78, 5) is 4.12. The summed E-state index contributed by atoms with van der Waals surface area (Å²) >= 11 is 3.29. The molecule has 1 N–H and O–H groups in total. The van der Waals surface area contributed by atoms with E-state index in [0.29, 0.717) is 18.1 Å². The largest absolute Gasteiger partial charge is 0.508 e. The third kappa shape index (κ3) is 3.11. The van der Waals surface area contributed by atoms with Crippen LogP contribution >= 0.6 is 15.9 Å². The first-order valence-corrected chi connectivity index (χ1v) is 6.16. The van der Waals surface area contributed by atoms with E-state index in [9.17, 15) is 5.11 Å². The van der Waals surface area contributed by atoms with E-state index >= 15 is 0 Å². The van der Waals surface area contributed by atoms with Gasteiger partial charge < -0.3 is 9.84 Å². The van der Waals surface area contributed by atoms with Crippen molar-refractivity contribution in [2.75, 3.05) is 0 Å². The minimum atomic E-state index is -0.0631. The number of hydrogen-bond donors (Lipinski definition) is 1. The van der Waals surface area contributed by atoms with Crippen molar-refractivity contribution < 1.29 is 9.84 Å². The number of pyridine rings is 1. The summed E-state index contributed by atoms with van der Waals surface area (Å²) in [6, 6.07) is 11.5. The van der Waals surface area contributed by atoms with Gasteiger partial charge in [0.1, 0.15) is 12.4 Å². The van der Waals surface area contributed by atoms with Crippen molar-refractivity contribution in [2.45, 2.75) is 6.61 Å². The summed E-state index contributed by atoms with van der Waals surface area (Å²) in [5.74, 6) is 0.307. The van der Waals surface area contributed by atoms with Crippen LogP contribution in [-0.4, -0.2) is 10.1 Å². The second-order valence-corrected chi connectivity index (χ2v) is 4.64. The molecule has 0 bridgehead atoms. The highest BCUT2D eigenvalue weighted by atomic mass is 79.9. The second kappa shape index (κ2) is 5.69. The number of aliphatic hydroxyl groups is 1. The molecule has 0 fully saturated rings. The van der Waals surface area contributed by atoms with Gasteiger partial charge in [0, 0.05) is 10.7 Å². The molecule has 0 saturated carbocycles. The highest BCUT2D eigenvalue weighted by Crippen LogP contribution is 2.25. The van der Waals surface area contributed by atoms with E-state index in [4.69, 9.17) is 4.74 Å². The van der Waals surface area contributed by atoms with Crippen molar-refractivity contribution in [3.05, 3.63) is 64.8 Å². The van der Waals surface area contributed by atoms with Crippen LogP contribution < -0.4 is 4.74 Å². The first-order chi connectivity index (χ1) is 8.66. The average Bonchev–Trinajstić information content (AvgIpc) is 2.38. The van der Waals surface area contributed by atoms with Crippen LogP contribution in [-0.2, 0) is 6.61 Å². The van der Waals surface area contributed by atoms with Crippen molar-refractivity contribution >= 4 is 21.7 Å².